The minimum Gasteiger partial charge on any atom is -0.489 e. The zero-order valence-electron chi connectivity index (χ0n) is 14.6. The van der Waals surface area contributed by atoms with Gasteiger partial charge in [-0.1, -0.05) is 13.8 Å². The third kappa shape index (κ3) is 3.95. The van der Waals surface area contributed by atoms with E-state index in [1.165, 1.54) is 5.56 Å². The molecule has 1 heterocycles. The average molecular weight is 293 g/mol. The van der Waals surface area contributed by atoms with Crippen molar-refractivity contribution in [2.75, 3.05) is 21.1 Å². The van der Waals surface area contributed by atoms with Crippen LogP contribution in [0.1, 0.15) is 52.1 Å². The van der Waals surface area contributed by atoms with Crippen LogP contribution in [-0.2, 0) is 0 Å². The summed E-state index contributed by atoms with van der Waals surface area (Å²) < 4.78 is 5.79. The van der Waals surface area contributed by atoms with Crippen molar-refractivity contribution in [1.82, 2.24) is 15.2 Å². The Morgan fingerprint density at radius 1 is 1.24 bits per heavy atom. The lowest BCUT2D eigenvalue weighted by Crippen LogP contribution is -2.52. The molecule has 1 aromatic rings. The SMILES string of the molecule is CCC(CC)(C(NC)c1cncc(OC(C)C)c1)N(C)C. The summed E-state index contributed by atoms with van der Waals surface area (Å²) in [5.41, 5.74) is 1.24. The number of rotatable bonds is 8. The molecule has 1 rings (SSSR count). The lowest BCUT2D eigenvalue weighted by atomic mass is 9.80. The highest BCUT2D eigenvalue weighted by molar-refractivity contribution is 5.29. The molecule has 0 radical (unpaired) electrons. The molecule has 0 aromatic carbocycles. The third-order valence-electron chi connectivity index (χ3n) is 4.38. The van der Waals surface area contributed by atoms with E-state index < -0.39 is 0 Å². The Morgan fingerprint density at radius 2 is 1.86 bits per heavy atom. The molecular weight excluding hydrogens is 262 g/mol. The highest BCUT2D eigenvalue weighted by atomic mass is 16.5. The van der Waals surface area contributed by atoms with Crippen LogP contribution in [0.3, 0.4) is 0 Å². The zero-order valence-corrected chi connectivity index (χ0v) is 14.6. The first-order valence-corrected chi connectivity index (χ1v) is 7.87. The van der Waals surface area contributed by atoms with Crippen LogP contribution >= 0.6 is 0 Å². The predicted molar refractivity (Wildman–Crippen MR) is 88.8 cm³/mol. The monoisotopic (exact) mass is 293 g/mol. The van der Waals surface area contributed by atoms with E-state index in [1.807, 2.05) is 27.1 Å². The number of nitrogens with zero attached hydrogens (tertiary/aromatic N) is 2. The van der Waals surface area contributed by atoms with E-state index in [0.717, 1.165) is 18.6 Å². The first-order chi connectivity index (χ1) is 9.91. The summed E-state index contributed by atoms with van der Waals surface area (Å²) in [5.74, 6) is 0.836. The van der Waals surface area contributed by atoms with Crippen molar-refractivity contribution in [3.8, 4) is 5.75 Å². The molecule has 4 nitrogen and oxygen atoms in total. The molecule has 0 bridgehead atoms. The molecule has 1 N–H and O–H groups in total. The second kappa shape index (κ2) is 7.76. The minimum atomic E-state index is 0.0624. The number of ether oxygens (including phenoxy) is 1. The van der Waals surface area contributed by atoms with Gasteiger partial charge in [0.25, 0.3) is 0 Å². The van der Waals surface area contributed by atoms with Gasteiger partial charge in [-0.3, -0.25) is 4.98 Å². The van der Waals surface area contributed by atoms with Crippen molar-refractivity contribution in [3.63, 3.8) is 0 Å². The molecule has 0 spiro atoms. The topological polar surface area (TPSA) is 37.4 Å². The van der Waals surface area contributed by atoms with Gasteiger partial charge < -0.3 is 15.0 Å². The Hall–Kier alpha value is -1.13. The molecule has 1 aromatic heterocycles. The maximum absolute atomic E-state index is 5.79. The van der Waals surface area contributed by atoms with E-state index in [9.17, 15) is 0 Å². The molecule has 4 heteroatoms. The molecule has 0 aliphatic carbocycles. The van der Waals surface area contributed by atoms with Crippen molar-refractivity contribution < 1.29 is 4.74 Å². The molecule has 0 saturated carbocycles. The summed E-state index contributed by atoms with van der Waals surface area (Å²) in [6, 6.07) is 2.32. The van der Waals surface area contributed by atoms with Crippen LogP contribution in [0, 0.1) is 0 Å². The Kier molecular flexibility index (Phi) is 6.62. The molecular formula is C17H31N3O. The van der Waals surface area contributed by atoms with Crippen LogP contribution in [0.25, 0.3) is 0 Å². The highest BCUT2D eigenvalue weighted by Crippen LogP contribution is 2.36. The van der Waals surface area contributed by atoms with Crippen LogP contribution in [-0.4, -0.2) is 42.7 Å². The zero-order chi connectivity index (χ0) is 16.0. The summed E-state index contributed by atoms with van der Waals surface area (Å²) in [5, 5.41) is 3.49. The fourth-order valence-corrected chi connectivity index (χ4v) is 3.22. The number of hydrogen-bond acceptors (Lipinski definition) is 4. The Labute approximate surface area is 129 Å². The molecule has 0 saturated heterocycles. The molecule has 0 aliphatic heterocycles. The van der Waals surface area contributed by atoms with Gasteiger partial charge in [0.2, 0.25) is 0 Å². The van der Waals surface area contributed by atoms with Crippen molar-refractivity contribution in [3.05, 3.63) is 24.0 Å². The van der Waals surface area contributed by atoms with E-state index in [0.29, 0.717) is 0 Å². The Balaban J connectivity index is 3.19. The van der Waals surface area contributed by atoms with Gasteiger partial charge in [-0.2, -0.15) is 0 Å². The van der Waals surface area contributed by atoms with Crippen LogP contribution < -0.4 is 10.1 Å². The van der Waals surface area contributed by atoms with Crippen molar-refractivity contribution in [1.29, 1.82) is 0 Å². The predicted octanol–water partition coefficient (Wildman–Crippen LogP) is 3.25. The van der Waals surface area contributed by atoms with E-state index in [2.05, 4.69) is 49.2 Å². The second-order valence-electron chi connectivity index (χ2n) is 6.05. The van der Waals surface area contributed by atoms with Crippen LogP contribution in [0.2, 0.25) is 0 Å². The maximum atomic E-state index is 5.79. The largest absolute Gasteiger partial charge is 0.489 e. The van der Waals surface area contributed by atoms with Gasteiger partial charge in [-0.25, -0.2) is 0 Å². The molecule has 120 valence electrons. The van der Waals surface area contributed by atoms with Gasteiger partial charge in [0.1, 0.15) is 5.75 Å². The highest BCUT2D eigenvalue weighted by Gasteiger charge is 2.38. The summed E-state index contributed by atoms with van der Waals surface area (Å²) >= 11 is 0. The number of aromatic nitrogens is 1. The molecule has 21 heavy (non-hydrogen) atoms. The average Bonchev–Trinajstić information content (AvgIpc) is 2.44. The Bertz CT molecular complexity index is 428. The lowest BCUT2D eigenvalue weighted by Gasteiger charge is -2.45. The summed E-state index contributed by atoms with van der Waals surface area (Å²) in [6.07, 6.45) is 6.02. The minimum absolute atomic E-state index is 0.0624. The second-order valence-corrected chi connectivity index (χ2v) is 6.05. The van der Waals surface area contributed by atoms with Gasteiger partial charge in [-0.05, 0) is 59.5 Å². The fraction of sp³-hybridized carbons (Fsp3) is 0.706. The number of hydrogen-bond donors (Lipinski definition) is 1. The van der Waals surface area contributed by atoms with Crippen LogP contribution in [0.4, 0.5) is 0 Å². The fourth-order valence-electron chi connectivity index (χ4n) is 3.22. The van der Waals surface area contributed by atoms with Gasteiger partial charge >= 0.3 is 0 Å². The number of pyridine rings is 1. The van der Waals surface area contributed by atoms with E-state index in [-0.39, 0.29) is 17.7 Å². The molecule has 1 atom stereocenters. The molecule has 1 unspecified atom stereocenters. The first-order valence-electron chi connectivity index (χ1n) is 7.87. The smallest absolute Gasteiger partial charge is 0.138 e. The quantitative estimate of drug-likeness (QED) is 0.798. The number of likely N-dealkylation sites (N-methyl/N-ethyl adjacent to an activating group) is 2. The van der Waals surface area contributed by atoms with Crippen molar-refractivity contribution in [2.24, 2.45) is 0 Å². The Morgan fingerprint density at radius 3 is 2.29 bits per heavy atom. The standard InChI is InChI=1S/C17H31N3O/c1-8-17(9-2,20(6)7)16(18-5)14-10-15(12-19-11-14)21-13(3)4/h10-13,16,18H,8-9H2,1-7H3. The van der Waals surface area contributed by atoms with Gasteiger partial charge in [0.05, 0.1) is 18.3 Å². The number of nitrogens with one attached hydrogen (secondary N) is 1. The van der Waals surface area contributed by atoms with E-state index >= 15 is 0 Å². The molecule has 0 aliphatic rings. The third-order valence-corrected chi connectivity index (χ3v) is 4.38. The van der Waals surface area contributed by atoms with E-state index in [1.54, 1.807) is 6.20 Å². The van der Waals surface area contributed by atoms with Crippen molar-refractivity contribution in [2.45, 2.75) is 58.2 Å². The summed E-state index contributed by atoms with van der Waals surface area (Å²) in [6.45, 7) is 8.56. The first kappa shape index (κ1) is 17.9. The van der Waals surface area contributed by atoms with Crippen molar-refractivity contribution >= 4 is 0 Å². The summed E-state index contributed by atoms with van der Waals surface area (Å²) in [4.78, 5) is 6.69. The molecule has 0 fully saturated rings. The van der Waals surface area contributed by atoms with Crippen LogP contribution in [0.5, 0.6) is 5.75 Å². The van der Waals surface area contributed by atoms with Gasteiger partial charge in [0, 0.05) is 11.7 Å². The van der Waals surface area contributed by atoms with Gasteiger partial charge in [-0.15, -0.1) is 0 Å². The van der Waals surface area contributed by atoms with E-state index in [4.69, 9.17) is 4.74 Å². The van der Waals surface area contributed by atoms with Gasteiger partial charge in [0.15, 0.2) is 0 Å². The van der Waals surface area contributed by atoms with Crippen LogP contribution in [0.15, 0.2) is 18.5 Å². The maximum Gasteiger partial charge on any atom is 0.138 e. The summed E-state index contributed by atoms with van der Waals surface area (Å²) in [7, 11) is 6.32. The lowest BCUT2D eigenvalue weighted by molar-refractivity contribution is 0.0914. The molecule has 0 amide bonds. The normalized spacial score (nSPS) is 13.8.